The van der Waals surface area contributed by atoms with Gasteiger partial charge in [-0.25, -0.2) is 0 Å². The molecule has 2 unspecified atom stereocenters. The van der Waals surface area contributed by atoms with Crippen molar-refractivity contribution in [3.63, 3.8) is 0 Å². The fourth-order valence-corrected chi connectivity index (χ4v) is 4.51. The lowest BCUT2D eigenvalue weighted by Gasteiger charge is -2.35. The van der Waals surface area contributed by atoms with Crippen LogP contribution >= 0.6 is 11.8 Å². The monoisotopic (exact) mass is 300 g/mol. The fraction of sp³-hybridized carbons (Fsp3) is 0.938. The summed E-state index contributed by atoms with van der Waals surface area (Å²) in [6.45, 7) is 8.72. The van der Waals surface area contributed by atoms with E-state index in [-0.39, 0.29) is 5.91 Å². The van der Waals surface area contributed by atoms with Gasteiger partial charge in [0.1, 0.15) is 5.54 Å². The van der Waals surface area contributed by atoms with E-state index in [4.69, 9.17) is 5.73 Å². The van der Waals surface area contributed by atoms with Gasteiger partial charge in [0.2, 0.25) is 5.91 Å². The second-order valence-corrected chi connectivity index (χ2v) is 8.03. The molecule has 0 aromatic heterocycles. The normalized spacial score (nSPS) is 26.6. The Morgan fingerprint density at radius 2 is 2.05 bits per heavy atom. The Labute approximate surface area is 128 Å². The minimum Gasteiger partial charge on any atom is -0.368 e. The molecule has 1 saturated carbocycles. The van der Waals surface area contributed by atoms with Crippen LogP contribution in [0.5, 0.6) is 0 Å². The molecular formula is C16H32N2OS. The van der Waals surface area contributed by atoms with E-state index in [0.29, 0.717) is 12.0 Å². The highest BCUT2D eigenvalue weighted by Gasteiger charge is 2.47. The lowest BCUT2D eigenvalue weighted by Crippen LogP contribution is -2.60. The molecule has 0 bridgehead atoms. The number of primary amides is 1. The molecule has 0 spiro atoms. The van der Waals surface area contributed by atoms with Gasteiger partial charge in [-0.15, -0.1) is 0 Å². The molecule has 3 N–H and O–H groups in total. The van der Waals surface area contributed by atoms with Crippen LogP contribution in [0.4, 0.5) is 0 Å². The maximum absolute atomic E-state index is 12.0. The van der Waals surface area contributed by atoms with Gasteiger partial charge >= 0.3 is 0 Å². The largest absolute Gasteiger partial charge is 0.368 e. The van der Waals surface area contributed by atoms with Gasteiger partial charge in [0.25, 0.3) is 0 Å². The summed E-state index contributed by atoms with van der Waals surface area (Å²) in [6.07, 6.45) is 5.53. The zero-order valence-electron chi connectivity index (χ0n) is 13.6. The lowest BCUT2D eigenvalue weighted by atomic mass is 9.83. The molecule has 4 heteroatoms. The maximum Gasteiger partial charge on any atom is 0.238 e. The van der Waals surface area contributed by atoms with Crippen LogP contribution in [0.25, 0.3) is 0 Å². The van der Waals surface area contributed by atoms with Crippen LogP contribution < -0.4 is 11.1 Å². The molecule has 0 radical (unpaired) electrons. The van der Waals surface area contributed by atoms with E-state index in [9.17, 15) is 4.79 Å². The summed E-state index contributed by atoms with van der Waals surface area (Å²) < 4.78 is 0. The molecule has 3 nitrogen and oxygen atoms in total. The average molecular weight is 301 g/mol. The van der Waals surface area contributed by atoms with E-state index in [2.05, 4.69) is 33.0 Å². The Morgan fingerprint density at radius 1 is 1.35 bits per heavy atom. The number of hydrogen-bond acceptors (Lipinski definition) is 3. The molecule has 0 aromatic rings. The van der Waals surface area contributed by atoms with Crippen molar-refractivity contribution >= 4 is 17.7 Å². The van der Waals surface area contributed by atoms with E-state index in [1.165, 1.54) is 12.2 Å². The average Bonchev–Trinajstić information content (AvgIpc) is 2.72. The molecule has 1 amide bonds. The third-order valence-corrected chi connectivity index (χ3v) is 5.31. The van der Waals surface area contributed by atoms with Gasteiger partial charge < -0.3 is 11.1 Å². The van der Waals surface area contributed by atoms with Gasteiger partial charge in [-0.1, -0.05) is 20.3 Å². The highest BCUT2D eigenvalue weighted by molar-refractivity contribution is 7.99. The van der Waals surface area contributed by atoms with Crippen LogP contribution in [0.15, 0.2) is 0 Å². The van der Waals surface area contributed by atoms with Crippen LogP contribution in [0.2, 0.25) is 0 Å². The quantitative estimate of drug-likeness (QED) is 0.643. The molecule has 1 rings (SSSR count). The van der Waals surface area contributed by atoms with E-state index in [0.717, 1.165) is 37.4 Å². The lowest BCUT2D eigenvalue weighted by molar-refractivity contribution is -0.126. The van der Waals surface area contributed by atoms with Gasteiger partial charge in [0, 0.05) is 6.04 Å². The van der Waals surface area contributed by atoms with Crippen molar-refractivity contribution in [1.82, 2.24) is 5.32 Å². The van der Waals surface area contributed by atoms with Gasteiger partial charge in [0.05, 0.1) is 0 Å². The molecule has 0 heterocycles. The molecule has 1 fully saturated rings. The van der Waals surface area contributed by atoms with Crippen LogP contribution in [-0.2, 0) is 4.79 Å². The number of rotatable bonds is 9. The first-order valence-electron chi connectivity index (χ1n) is 8.04. The standard InChI is InChI=1S/C16H32N2OS/c1-12(2)7-10-20-11-8-14-6-5-9-16(14,15(17)19)18-13(3)4/h12-14,18H,5-11H2,1-4H3,(H2,17,19). The Hall–Kier alpha value is -0.220. The van der Waals surface area contributed by atoms with Crippen molar-refractivity contribution in [3.05, 3.63) is 0 Å². The first-order valence-corrected chi connectivity index (χ1v) is 9.19. The zero-order chi connectivity index (χ0) is 15.2. The van der Waals surface area contributed by atoms with Crippen LogP contribution in [0, 0.1) is 11.8 Å². The van der Waals surface area contributed by atoms with Crippen molar-refractivity contribution < 1.29 is 4.79 Å². The van der Waals surface area contributed by atoms with Crippen LogP contribution in [-0.4, -0.2) is 29.0 Å². The van der Waals surface area contributed by atoms with Crippen molar-refractivity contribution in [3.8, 4) is 0 Å². The summed E-state index contributed by atoms with van der Waals surface area (Å²) in [6, 6.07) is 0.302. The molecular weight excluding hydrogens is 268 g/mol. The van der Waals surface area contributed by atoms with Gasteiger partial charge in [-0.05, 0) is 62.9 Å². The number of thioether (sulfide) groups is 1. The summed E-state index contributed by atoms with van der Waals surface area (Å²) >= 11 is 2.02. The number of carbonyl (C=O) groups is 1. The second kappa shape index (κ2) is 8.28. The molecule has 2 atom stereocenters. The predicted octanol–water partition coefficient (Wildman–Crippen LogP) is 3.18. The molecule has 0 saturated heterocycles. The molecule has 118 valence electrons. The molecule has 1 aliphatic carbocycles. The van der Waals surface area contributed by atoms with E-state index in [1.54, 1.807) is 0 Å². The third kappa shape index (κ3) is 4.96. The topological polar surface area (TPSA) is 55.1 Å². The van der Waals surface area contributed by atoms with Crippen molar-refractivity contribution in [2.24, 2.45) is 17.6 Å². The summed E-state index contributed by atoms with van der Waals surface area (Å²) in [5.41, 5.74) is 5.28. The van der Waals surface area contributed by atoms with Crippen molar-refractivity contribution in [2.75, 3.05) is 11.5 Å². The molecule has 0 aromatic carbocycles. The Bertz CT molecular complexity index is 307. The molecule has 1 aliphatic rings. The van der Waals surface area contributed by atoms with Crippen LogP contribution in [0.3, 0.4) is 0 Å². The third-order valence-electron chi connectivity index (χ3n) is 4.26. The van der Waals surface area contributed by atoms with Gasteiger partial charge in [0.15, 0.2) is 0 Å². The second-order valence-electron chi connectivity index (χ2n) is 6.81. The summed E-state index contributed by atoms with van der Waals surface area (Å²) in [5, 5.41) is 3.48. The summed E-state index contributed by atoms with van der Waals surface area (Å²) in [4.78, 5) is 12.0. The van der Waals surface area contributed by atoms with Crippen molar-refractivity contribution in [2.45, 2.75) is 71.4 Å². The first kappa shape index (κ1) is 17.8. The van der Waals surface area contributed by atoms with Crippen LogP contribution in [0.1, 0.15) is 59.8 Å². The SMILES string of the molecule is CC(C)CCSCCC1CCCC1(NC(C)C)C(N)=O. The minimum atomic E-state index is -0.452. The maximum atomic E-state index is 12.0. The minimum absolute atomic E-state index is 0.152. The number of hydrogen-bond donors (Lipinski definition) is 2. The van der Waals surface area contributed by atoms with E-state index >= 15 is 0 Å². The smallest absolute Gasteiger partial charge is 0.238 e. The highest BCUT2D eigenvalue weighted by Crippen LogP contribution is 2.39. The number of carbonyl (C=O) groups excluding carboxylic acids is 1. The Morgan fingerprint density at radius 3 is 2.60 bits per heavy atom. The predicted molar refractivity (Wildman–Crippen MR) is 88.9 cm³/mol. The molecule has 20 heavy (non-hydrogen) atoms. The Kier molecular flexibility index (Phi) is 7.38. The molecule has 0 aliphatic heterocycles. The first-order chi connectivity index (χ1) is 9.38. The van der Waals surface area contributed by atoms with E-state index < -0.39 is 5.54 Å². The number of nitrogens with one attached hydrogen (secondary N) is 1. The number of amides is 1. The Balaban J connectivity index is 2.47. The fourth-order valence-electron chi connectivity index (χ4n) is 3.22. The van der Waals surface area contributed by atoms with E-state index in [1.807, 2.05) is 11.8 Å². The zero-order valence-corrected chi connectivity index (χ0v) is 14.4. The summed E-state index contributed by atoms with van der Waals surface area (Å²) in [7, 11) is 0. The highest BCUT2D eigenvalue weighted by atomic mass is 32.2. The number of nitrogens with two attached hydrogens (primary N) is 1. The van der Waals surface area contributed by atoms with Gasteiger partial charge in [-0.2, -0.15) is 11.8 Å². The van der Waals surface area contributed by atoms with Crippen molar-refractivity contribution in [1.29, 1.82) is 0 Å². The summed E-state index contributed by atoms with van der Waals surface area (Å²) in [5.74, 6) is 3.41. The van der Waals surface area contributed by atoms with Gasteiger partial charge in [-0.3, -0.25) is 4.79 Å².